The van der Waals surface area contributed by atoms with E-state index in [1.807, 2.05) is 31.2 Å². The van der Waals surface area contributed by atoms with Gasteiger partial charge in [-0.25, -0.2) is 4.39 Å². The summed E-state index contributed by atoms with van der Waals surface area (Å²) in [5, 5.41) is 20.0. The molecule has 3 unspecified atom stereocenters. The normalized spacial score (nSPS) is 20.2. The average Bonchev–Trinajstić information content (AvgIpc) is 3.40. The number of likely N-dealkylation sites (tertiary alicyclic amines) is 1. The van der Waals surface area contributed by atoms with Gasteiger partial charge in [0.25, 0.3) is 0 Å². The lowest BCUT2D eigenvalue weighted by molar-refractivity contribution is 0.165. The zero-order valence-electron chi connectivity index (χ0n) is 21.3. The number of phenols is 2. The van der Waals surface area contributed by atoms with E-state index in [0.717, 1.165) is 31.1 Å². The Morgan fingerprint density at radius 3 is 2.53 bits per heavy atom. The Labute approximate surface area is 219 Å². The van der Waals surface area contributed by atoms with E-state index in [2.05, 4.69) is 11.8 Å². The fourth-order valence-corrected chi connectivity index (χ4v) is 5.22. The smallest absolute Gasteiger partial charge is 0.200 e. The van der Waals surface area contributed by atoms with Crippen LogP contribution in [0.5, 0.6) is 23.0 Å². The lowest BCUT2D eigenvalue weighted by atomic mass is 9.86. The van der Waals surface area contributed by atoms with E-state index in [-0.39, 0.29) is 29.9 Å². The summed E-state index contributed by atoms with van der Waals surface area (Å²) in [6.45, 7) is 5.66. The molecule has 38 heavy (non-hydrogen) atoms. The van der Waals surface area contributed by atoms with E-state index in [9.17, 15) is 23.4 Å². The van der Waals surface area contributed by atoms with Gasteiger partial charge >= 0.3 is 0 Å². The number of benzene rings is 3. The fraction of sp³-hybridized carbons (Fsp3) is 0.333. The first kappa shape index (κ1) is 26.0. The van der Waals surface area contributed by atoms with Crippen molar-refractivity contribution >= 4 is 11.1 Å². The monoisotopic (exact) mass is 525 g/mol. The van der Waals surface area contributed by atoms with Crippen LogP contribution in [0.2, 0.25) is 0 Å². The van der Waals surface area contributed by atoms with Gasteiger partial charge in [-0.3, -0.25) is 9.29 Å². The summed E-state index contributed by atoms with van der Waals surface area (Å²) in [4.78, 5) is 2.24. The van der Waals surface area contributed by atoms with Crippen LogP contribution in [0.1, 0.15) is 43.1 Å². The van der Waals surface area contributed by atoms with E-state index in [1.165, 1.54) is 12.1 Å². The van der Waals surface area contributed by atoms with E-state index < -0.39 is 23.5 Å². The molecule has 0 spiro atoms. The van der Waals surface area contributed by atoms with Crippen molar-refractivity contribution in [1.82, 2.24) is 4.90 Å². The van der Waals surface area contributed by atoms with Crippen LogP contribution in [0.3, 0.4) is 0 Å². The van der Waals surface area contributed by atoms with Crippen LogP contribution in [0, 0.1) is 17.6 Å². The molecular formula is C30H30F3NO4. The van der Waals surface area contributed by atoms with Gasteiger partial charge in [0.15, 0.2) is 17.4 Å². The van der Waals surface area contributed by atoms with Crippen molar-refractivity contribution in [3.63, 3.8) is 0 Å². The Hall–Kier alpha value is -3.65. The highest BCUT2D eigenvalue weighted by Gasteiger charge is 2.31. The minimum absolute atomic E-state index is 0.0440. The molecule has 2 aliphatic rings. The van der Waals surface area contributed by atoms with Crippen molar-refractivity contribution in [2.45, 2.75) is 32.4 Å². The second-order valence-electron chi connectivity index (χ2n) is 10.0. The van der Waals surface area contributed by atoms with Gasteiger partial charge in [-0.1, -0.05) is 12.1 Å². The largest absolute Gasteiger partial charge is 0.508 e. The highest BCUT2D eigenvalue weighted by Crippen LogP contribution is 2.48. The first-order chi connectivity index (χ1) is 18.2. The summed E-state index contributed by atoms with van der Waals surface area (Å²) in [5.41, 5.74) is 2.86. The third kappa shape index (κ3) is 5.05. The molecule has 0 bridgehead atoms. The summed E-state index contributed by atoms with van der Waals surface area (Å²) in [7, 11) is 0. The molecule has 5 nitrogen and oxygen atoms in total. The maximum atomic E-state index is 14.3. The van der Waals surface area contributed by atoms with Gasteiger partial charge in [0.2, 0.25) is 0 Å². The Morgan fingerprint density at radius 1 is 1.08 bits per heavy atom. The number of hydrogen-bond acceptors (Lipinski definition) is 5. The van der Waals surface area contributed by atoms with Crippen LogP contribution in [0.15, 0.2) is 54.6 Å². The third-order valence-electron chi connectivity index (χ3n) is 7.43. The standard InChI is InChI=1S/C30H30F3NO4/c1-17(34-10-9-19(14-31)15-34)16-37-23-6-3-20(4-7-23)30-28(21-11-25(32)29(33)26(36)12-21)18(2)24-13-22(35)5-8-27(24)38-30/h3-8,11-13,17,19,30,35-36H,9-10,14-16H2,1-2H3. The molecule has 0 radical (unpaired) electrons. The van der Waals surface area contributed by atoms with Gasteiger partial charge in [0.05, 0.1) is 6.67 Å². The maximum Gasteiger partial charge on any atom is 0.200 e. The molecule has 0 amide bonds. The quantitative estimate of drug-likeness (QED) is 0.369. The average molecular weight is 526 g/mol. The van der Waals surface area contributed by atoms with Gasteiger partial charge in [0.1, 0.15) is 30.0 Å². The zero-order chi connectivity index (χ0) is 27.0. The first-order valence-electron chi connectivity index (χ1n) is 12.7. The molecule has 2 N–H and O–H groups in total. The molecular weight excluding hydrogens is 495 g/mol. The van der Waals surface area contributed by atoms with Crippen LogP contribution in [-0.4, -0.2) is 47.5 Å². The Balaban J connectivity index is 1.42. The minimum Gasteiger partial charge on any atom is -0.508 e. The van der Waals surface area contributed by atoms with Crippen molar-refractivity contribution in [1.29, 1.82) is 0 Å². The molecule has 200 valence electrons. The number of hydrogen-bond donors (Lipinski definition) is 2. The van der Waals surface area contributed by atoms with Crippen molar-refractivity contribution in [3.8, 4) is 23.0 Å². The fourth-order valence-electron chi connectivity index (χ4n) is 5.22. The van der Waals surface area contributed by atoms with Crippen molar-refractivity contribution in [2.75, 3.05) is 26.4 Å². The molecule has 3 aromatic carbocycles. The van der Waals surface area contributed by atoms with Crippen LogP contribution < -0.4 is 9.47 Å². The number of ether oxygens (including phenoxy) is 2. The number of aromatic hydroxyl groups is 2. The predicted octanol–water partition coefficient (Wildman–Crippen LogP) is 6.50. The van der Waals surface area contributed by atoms with Crippen LogP contribution in [0.4, 0.5) is 13.2 Å². The molecule has 3 atom stereocenters. The van der Waals surface area contributed by atoms with E-state index in [1.54, 1.807) is 12.1 Å². The third-order valence-corrected chi connectivity index (χ3v) is 7.43. The highest BCUT2D eigenvalue weighted by atomic mass is 19.2. The minimum atomic E-state index is -1.32. The molecule has 1 fully saturated rings. The summed E-state index contributed by atoms with van der Waals surface area (Å²) in [6, 6.07) is 14.4. The van der Waals surface area contributed by atoms with Crippen LogP contribution >= 0.6 is 0 Å². The molecule has 3 aromatic rings. The predicted molar refractivity (Wildman–Crippen MR) is 139 cm³/mol. The van der Waals surface area contributed by atoms with Crippen LogP contribution in [0.25, 0.3) is 11.1 Å². The number of fused-ring (bicyclic) bond motifs is 1. The Kier molecular flexibility index (Phi) is 7.25. The summed E-state index contributed by atoms with van der Waals surface area (Å²) in [5.74, 6) is -1.94. The number of halogens is 3. The molecule has 2 heterocycles. The van der Waals surface area contributed by atoms with Gasteiger partial charge in [0, 0.05) is 29.6 Å². The van der Waals surface area contributed by atoms with E-state index in [0.29, 0.717) is 34.8 Å². The number of phenolic OH excluding ortho intramolecular Hbond substituents is 2. The lowest BCUT2D eigenvalue weighted by Crippen LogP contribution is -2.35. The maximum absolute atomic E-state index is 14.3. The molecule has 5 rings (SSSR count). The lowest BCUT2D eigenvalue weighted by Gasteiger charge is -2.31. The van der Waals surface area contributed by atoms with Crippen molar-refractivity contribution in [3.05, 3.63) is 82.9 Å². The topological polar surface area (TPSA) is 62.2 Å². The molecule has 0 aromatic heterocycles. The molecule has 8 heteroatoms. The Bertz CT molecular complexity index is 1340. The number of rotatable bonds is 7. The van der Waals surface area contributed by atoms with Gasteiger partial charge in [-0.2, -0.15) is 4.39 Å². The summed E-state index contributed by atoms with van der Waals surface area (Å²) < 4.78 is 53.4. The molecule has 2 aliphatic heterocycles. The second kappa shape index (κ2) is 10.6. The number of nitrogens with zero attached hydrogens (tertiary/aromatic N) is 1. The first-order valence-corrected chi connectivity index (χ1v) is 12.7. The van der Waals surface area contributed by atoms with Gasteiger partial charge < -0.3 is 19.7 Å². The number of allylic oxidation sites excluding steroid dienone is 1. The summed E-state index contributed by atoms with van der Waals surface area (Å²) >= 11 is 0. The SMILES string of the molecule is CC1=C(c2cc(O)c(F)c(F)c2)C(c2ccc(OCC(C)N3CCC(CF)C3)cc2)Oc2ccc(O)cc21. The van der Waals surface area contributed by atoms with Crippen molar-refractivity contribution < 1.29 is 32.9 Å². The van der Waals surface area contributed by atoms with E-state index in [4.69, 9.17) is 9.47 Å². The van der Waals surface area contributed by atoms with E-state index >= 15 is 0 Å². The van der Waals surface area contributed by atoms with Gasteiger partial charge in [-0.05, 0) is 86.0 Å². The van der Waals surface area contributed by atoms with Crippen molar-refractivity contribution in [2.24, 2.45) is 5.92 Å². The zero-order valence-corrected chi connectivity index (χ0v) is 21.3. The van der Waals surface area contributed by atoms with Crippen LogP contribution in [-0.2, 0) is 0 Å². The number of alkyl halides is 1. The van der Waals surface area contributed by atoms with Gasteiger partial charge in [-0.15, -0.1) is 0 Å². The summed E-state index contributed by atoms with van der Waals surface area (Å²) in [6.07, 6.45) is 0.177. The highest BCUT2D eigenvalue weighted by molar-refractivity contribution is 5.96. The molecule has 0 saturated carbocycles. The Morgan fingerprint density at radius 2 is 1.84 bits per heavy atom. The second-order valence-corrected chi connectivity index (χ2v) is 10.0. The molecule has 1 saturated heterocycles. The molecule has 0 aliphatic carbocycles.